The summed E-state index contributed by atoms with van der Waals surface area (Å²) in [5.74, 6) is 2.34. The van der Waals surface area contributed by atoms with Crippen LogP contribution in [0.25, 0.3) is 23.1 Å². The monoisotopic (exact) mass is 469 g/mol. The molecule has 7 heteroatoms. The number of anilines is 1. The van der Waals surface area contributed by atoms with Crippen LogP contribution in [0.1, 0.15) is 34.1 Å². The van der Waals surface area contributed by atoms with E-state index in [-0.39, 0.29) is 0 Å². The Bertz CT molecular complexity index is 947. The van der Waals surface area contributed by atoms with Crippen LogP contribution in [0.4, 0.5) is 10.5 Å². The van der Waals surface area contributed by atoms with Crippen molar-refractivity contribution in [3.63, 3.8) is 0 Å². The lowest BCUT2D eigenvalue weighted by Gasteiger charge is -2.19. The molecule has 1 aromatic heterocycles. The van der Waals surface area contributed by atoms with Crippen molar-refractivity contribution in [2.45, 2.75) is 39.7 Å². The molecule has 1 atom stereocenters. The third kappa shape index (κ3) is 5.92. The Kier molecular flexibility index (Phi) is 7.84. The molecule has 1 heterocycles. The van der Waals surface area contributed by atoms with Crippen LogP contribution in [0.5, 0.6) is 0 Å². The lowest BCUT2D eigenvalue weighted by Crippen LogP contribution is -2.35. The van der Waals surface area contributed by atoms with Gasteiger partial charge in [-0.15, -0.1) is 0 Å². The molecule has 1 aromatic carbocycles. The molecule has 0 aliphatic heterocycles. The first-order valence-corrected chi connectivity index (χ1v) is 11.3. The molecule has 1 aliphatic rings. The van der Waals surface area contributed by atoms with Gasteiger partial charge in [-0.1, -0.05) is 46.6 Å². The maximum absolute atomic E-state index is 11.7. The first kappa shape index (κ1) is 22.6. The van der Waals surface area contributed by atoms with Gasteiger partial charge in [0.05, 0.1) is 11.2 Å². The quantitative estimate of drug-likeness (QED) is 0.459. The van der Waals surface area contributed by atoms with Gasteiger partial charge in [-0.25, -0.2) is 4.79 Å². The molecule has 0 radical (unpaired) electrons. The molecule has 28 heavy (non-hydrogen) atoms. The molecule has 154 valence electrons. The number of nitrogens with one attached hydrogen (secondary N) is 3. The van der Waals surface area contributed by atoms with E-state index in [0.717, 1.165) is 28.4 Å². The van der Waals surface area contributed by atoms with E-state index in [1.54, 1.807) is 0 Å². The lowest BCUT2D eigenvalue weighted by molar-refractivity contribution is 0.0530. The van der Waals surface area contributed by atoms with Crippen LogP contribution in [0.2, 0.25) is 5.02 Å². The van der Waals surface area contributed by atoms with Gasteiger partial charge in [-0.2, -0.15) is 0 Å². The summed E-state index contributed by atoms with van der Waals surface area (Å²) in [5.41, 5.74) is 1.48. The highest BCUT2D eigenvalue weighted by molar-refractivity contribution is 9.08. The number of alkyl carbamates (subject to hydrolysis) is 1. The van der Waals surface area contributed by atoms with Crippen LogP contribution in [0.15, 0.2) is 12.1 Å². The van der Waals surface area contributed by atoms with E-state index in [1.165, 1.54) is 5.22 Å². The topological polar surface area (TPSA) is 66.2 Å². The molecule has 1 aliphatic carbocycles. The van der Waals surface area contributed by atoms with E-state index in [4.69, 9.17) is 16.3 Å². The van der Waals surface area contributed by atoms with E-state index in [2.05, 4.69) is 50.6 Å². The summed E-state index contributed by atoms with van der Waals surface area (Å²) in [5, 5.41) is 10.3. The minimum atomic E-state index is -0.496. The summed E-state index contributed by atoms with van der Waals surface area (Å²) in [6.07, 6.45) is 5.15. The largest absolute Gasteiger partial charge is 0.444 e. The van der Waals surface area contributed by atoms with Crippen molar-refractivity contribution in [1.29, 1.82) is 0 Å². The summed E-state index contributed by atoms with van der Waals surface area (Å²) in [7, 11) is 0. The number of alkyl halides is 1. The van der Waals surface area contributed by atoms with Crippen LogP contribution in [0, 0.1) is 5.92 Å². The number of halogens is 2. The molecule has 1 amide bonds. The smallest absolute Gasteiger partial charge is 0.407 e. The maximum atomic E-state index is 11.7. The van der Waals surface area contributed by atoms with Crippen molar-refractivity contribution < 1.29 is 9.53 Å². The van der Waals surface area contributed by atoms with Gasteiger partial charge < -0.3 is 20.4 Å². The van der Waals surface area contributed by atoms with E-state index < -0.39 is 11.7 Å². The summed E-state index contributed by atoms with van der Waals surface area (Å²) in [6, 6.07) is 3.90. The second-order valence-electron chi connectivity index (χ2n) is 7.77. The molecule has 0 spiro atoms. The highest BCUT2D eigenvalue weighted by Crippen LogP contribution is 2.24. The molecule has 5 nitrogen and oxygen atoms in total. The number of amides is 1. The van der Waals surface area contributed by atoms with Crippen LogP contribution in [-0.4, -0.2) is 35.6 Å². The normalized spacial score (nSPS) is 15.5. The van der Waals surface area contributed by atoms with E-state index in [9.17, 15) is 4.79 Å². The zero-order valence-electron chi connectivity index (χ0n) is 17.1. The van der Waals surface area contributed by atoms with Crippen LogP contribution >= 0.6 is 27.5 Å². The summed E-state index contributed by atoms with van der Waals surface area (Å²) >= 11 is 9.26. The van der Waals surface area contributed by atoms with Crippen molar-refractivity contribution >= 4 is 62.4 Å². The number of ether oxygens (including phenoxy) is 1. The fourth-order valence-corrected chi connectivity index (χ4v) is 3.34. The minimum Gasteiger partial charge on any atom is -0.444 e. The first-order chi connectivity index (χ1) is 13.2. The molecule has 0 bridgehead atoms. The average molecular weight is 471 g/mol. The van der Waals surface area contributed by atoms with Gasteiger partial charge in [0.2, 0.25) is 0 Å². The molecule has 0 saturated heterocycles. The number of carbonyl (C=O) groups excluding carboxylic acids is 1. The standard InChI is InChI=1S/C20H26ClN3O2.CH3Br/c1-12-5-6-14-15-10-13(21)11-17(18(15)24-16(14)9-12)22-7-8-23-19(25)26-20(2,3)4;1-2/h6,9-12,22,24H,5,7-8H2,1-4H3,(H,23,25);1H3. The SMILES string of the molecule is CBr.CC1C=c2[nH]c3c(NCCNC(=O)OC(C)(C)C)cc(Cl)cc3c2=CC1. The minimum absolute atomic E-state index is 0.413. The molecular formula is C21H29BrClN3O2. The fourth-order valence-electron chi connectivity index (χ4n) is 3.12. The maximum Gasteiger partial charge on any atom is 0.407 e. The molecule has 3 N–H and O–H groups in total. The lowest BCUT2D eigenvalue weighted by atomic mass is 10.0. The van der Waals surface area contributed by atoms with Gasteiger partial charge in [0, 0.05) is 34.1 Å². The zero-order chi connectivity index (χ0) is 20.9. The number of hydrogen-bond acceptors (Lipinski definition) is 3. The van der Waals surface area contributed by atoms with Crippen molar-refractivity contribution in [3.05, 3.63) is 27.7 Å². The van der Waals surface area contributed by atoms with Gasteiger partial charge in [0.25, 0.3) is 0 Å². The number of rotatable bonds is 4. The van der Waals surface area contributed by atoms with Crippen molar-refractivity contribution in [2.75, 3.05) is 24.2 Å². The number of fused-ring (bicyclic) bond motifs is 3. The Morgan fingerprint density at radius 2 is 2.04 bits per heavy atom. The van der Waals surface area contributed by atoms with E-state index in [0.29, 0.717) is 24.0 Å². The average Bonchev–Trinajstić information content (AvgIpc) is 2.96. The molecular weight excluding hydrogens is 442 g/mol. The fraction of sp³-hybridized carbons (Fsp3) is 0.476. The van der Waals surface area contributed by atoms with Crippen molar-refractivity contribution in [2.24, 2.45) is 5.92 Å². The van der Waals surface area contributed by atoms with Gasteiger partial charge in [0.15, 0.2) is 0 Å². The number of carbonyl (C=O) groups is 1. The van der Waals surface area contributed by atoms with E-state index in [1.807, 2.05) is 38.7 Å². The Labute approximate surface area is 179 Å². The van der Waals surface area contributed by atoms with Crippen LogP contribution in [-0.2, 0) is 4.74 Å². The second-order valence-corrected chi connectivity index (χ2v) is 8.20. The van der Waals surface area contributed by atoms with Crippen LogP contribution < -0.4 is 21.2 Å². The van der Waals surface area contributed by atoms with Crippen LogP contribution in [0.3, 0.4) is 0 Å². The van der Waals surface area contributed by atoms with Gasteiger partial charge in [-0.3, -0.25) is 0 Å². The molecule has 0 fully saturated rings. The summed E-state index contributed by atoms with van der Waals surface area (Å²) in [6.45, 7) is 8.76. The molecule has 2 aromatic rings. The third-order valence-electron chi connectivity index (χ3n) is 4.20. The Morgan fingerprint density at radius 1 is 1.32 bits per heavy atom. The van der Waals surface area contributed by atoms with Gasteiger partial charge in [0.1, 0.15) is 5.60 Å². The number of aromatic nitrogens is 1. The number of hydrogen-bond donors (Lipinski definition) is 3. The Morgan fingerprint density at radius 3 is 2.71 bits per heavy atom. The zero-order valence-corrected chi connectivity index (χ0v) is 19.4. The summed E-state index contributed by atoms with van der Waals surface area (Å²) < 4.78 is 5.23. The Balaban J connectivity index is 0.00000136. The first-order valence-electron chi connectivity index (χ1n) is 9.35. The van der Waals surface area contributed by atoms with Gasteiger partial charge in [-0.05, 0) is 51.1 Å². The van der Waals surface area contributed by atoms with Crippen molar-refractivity contribution in [3.8, 4) is 0 Å². The highest BCUT2D eigenvalue weighted by Gasteiger charge is 2.15. The molecule has 3 rings (SSSR count). The number of benzene rings is 1. The second kappa shape index (κ2) is 9.70. The third-order valence-corrected chi connectivity index (χ3v) is 4.41. The number of H-pyrrole nitrogens is 1. The number of aromatic amines is 1. The van der Waals surface area contributed by atoms with Crippen molar-refractivity contribution in [1.82, 2.24) is 10.3 Å². The predicted octanol–water partition coefficient (Wildman–Crippen LogP) is 4.37. The molecule has 0 saturated carbocycles. The predicted molar refractivity (Wildman–Crippen MR) is 123 cm³/mol. The highest BCUT2D eigenvalue weighted by atomic mass is 79.9. The molecule has 1 unspecified atom stereocenters. The Hall–Kier alpha value is -1.66. The summed E-state index contributed by atoms with van der Waals surface area (Å²) in [4.78, 5) is 15.2. The van der Waals surface area contributed by atoms with Gasteiger partial charge >= 0.3 is 6.09 Å². The van der Waals surface area contributed by atoms with E-state index >= 15 is 0 Å².